The fourth-order valence-electron chi connectivity index (χ4n) is 4.36. The number of nitrogens with one attached hydrogen (secondary N) is 1. The van der Waals surface area contributed by atoms with Gasteiger partial charge in [-0.15, -0.1) is 11.8 Å². The monoisotopic (exact) mass is 532 g/mol. The summed E-state index contributed by atoms with van der Waals surface area (Å²) in [6, 6.07) is 4.01. The smallest absolute Gasteiger partial charge is 0.294 e. The van der Waals surface area contributed by atoms with Crippen LogP contribution < -0.4 is 15.6 Å². The van der Waals surface area contributed by atoms with Gasteiger partial charge in [-0.2, -0.15) is 0 Å². The average Bonchev–Trinajstić information content (AvgIpc) is 3.75. The highest BCUT2D eigenvalue weighted by molar-refractivity contribution is 7.99. The molecule has 0 saturated heterocycles. The summed E-state index contributed by atoms with van der Waals surface area (Å²) in [5.74, 6) is 2.67. The summed E-state index contributed by atoms with van der Waals surface area (Å²) < 4.78 is 7.27. The van der Waals surface area contributed by atoms with Crippen LogP contribution in [0.1, 0.15) is 56.5 Å². The molecule has 0 aliphatic heterocycles. The Morgan fingerprint density at radius 2 is 1.97 bits per heavy atom. The van der Waals surface area contributed by atoms with Crippen molar-refractivity contribution in [1.29, 1.82) is 0 Å². The molecule has 4 aromatic heterocycles. The van der Waals surface area contributed by atoms with Crippen LogP contribution in [0, 0.1) is 12.8 Å². The fraction of sp³-hybridized carbons (Fsp3) is 0.444. The van der Waals surface area contributed by atoms with Gasteiger partial charge in [-0.1, -0.05) is 26.8 Å². The van der Waals surface area contributed by atoms with Gasteiger partial charge in [0.15, 0.2) is 17.3 Å². The van der Waals surface area contributed by atoms with Crippen LogP contribution in [0.4, 0.5) is 5.82 Å². The Morgan fingerprint density at radius 1 is 1.16 bits per heavy atom. The molecule has 1 fully saturated rings. The standard InChI is InChI=1S/C27H32N8O2S/c1-6-38-19-10-7-17(11-28-19)12-29-24-27(36)35(13-15(2)3)25-21(33-24)16(4)32-23(34-25)20-22(18-8-9-18)30-14-31-26(20)37-5/h7,10-11,14-15,18H,6,8-9,12-13H2,1-5H3,(H,29,33). The highest BCUT2D eigenvalue weighted by atomic mass is 32.2. The molecule has 1 N–H and O–H groups in total. The summed E-state index contributed by atoms with van der Waals surface area (Å²) in [7, 11) is 1.58. The lowest BCUT2D eigenvalue weighted by atomic mass is 10.1. The lowest BCUT2D eigenvalue weighted by Crippen LogP contribution is -2.28. The Morgan fingerprint density at radius 3 is 2.63 bits per heavy atom. The second kappa shape index (κ2) is 11.0. The molecule has 1 saturated carbocycles. The van der Waals surface area contributed by atoms with Gasteiger partial charge in [0, 0.05) is 25.2 Å². The van der Waals surface area contributed by atoms with Crippen molar-refractivity contribution in [2.24, 2.45) is 5.92 Å². The first-order chi connectivity index (χ1) is 18.4. The van der Waals surface area contributed by atoms with E-state index < -0.39 is 0 Å². The molecule has 0 atom stereocenters. The van der Waals surface area contributed by atoms with Gasteiger partial charge in [0.05, 0.1) is 23.5 Å². The van der Waals surface area contributed by atoms with Crippen LogP contribution in [0.5, 0.6) is 5.88 Å². The number of methoxy groups -OCH3 is 1. The van der Waals surface area contributed by atoms with E-state index in [1.165, 1.54) is 6.33 Å². The maximum atomic E-state index is 13.7. The minimum absolute atomic E-state index is 0.217. The molecule has 0 amide bonds. The van der Waals surface area contributed by atoms with Crippen LogP contribution in [-0.4, -0.2) is 47.3 Å². The third kappa shape index (κ3) is 5.33. The van der Waals surface area contributed by atoms with Crippen molar-refractivity contribution < 1.29 is 4.74 Å². The van der Waals surface area contributed by atoms with Gasteiger partial charge in [0.1, 0.15) is 17.4 Å². The van der Waals surface area contributed by atoms with Gasteiger partial charge in [-0.25, -0.2) is 29.9 Å². The summed E-state index contributed by atoms with van der Waals surface area (Å²) in [6.07, 6.45) is 5.46. The molecule has 198 valence electrons. The van der Waals surface area contributed by atoms with Gasteiger partial charge in [-0.05, 0) is 43.1 Å². The number of pyridine rings is 1. The molecule has 4 aromatic rings. The Balaban J connectivity index is 1.58. The van der Waals surface area contributed by atoms with Crippen LogP contribution in [0.2, 0.25) is 0 Å². The molecule has 1 aliphatic rings. The lowest BCUT2D eigenvalue weighted by Gasteiger charge is -2.17. The number of anilines is 1. The minimum atomic E-state index is -0.222. The molecule has 1 aliphatic carbocycles. The maximum Gasteiger partial charge on any atom is 0.294 e. The van der Waals surface area contributed by atoms with E-state index in [-0.39, 0.29) is 17.3 Å². The molecule has 5 rings (SSSR count). The quantitative estimate of drug-likeness (QED) is 0.290. The van der Waals surface area contributed by atoms with Crippen LogP contribution in [-0.2, 0) is 13.1 Å². The third-order valence-corrected chi connectivity index (χ3v) is 7.11. The van der Waals surface area contributed by atoms with E-state index in [0.717, 1.165) is 34.9 Å². The summed E-state index contributed by atoms with van der Waals surface area (Å²) >= 11 is 1.69. The molecule has 0 spiro atoms. The summed E-state index contributed by atoms with van der Waals surface area (Å²) in [4.78, 5) is 41.4. The molecule has 0 bridgehead atoms. The van der Waals surface area contributed by atoms with Crippen molar-refractivity contribution in [1.82, 2.24) is 34.5 Å². The van der Waals surface area contributed by atoms with Crippen molar-refractivity contribution >= 4 is 28.7 Å². The molecule has 0 aromatic carbocycles. The number of hydrogen-bond donors (Lipinski definition) is 1. The summed E-state index contributed by atoms with van der Waals surface area (Å²) in [5, 5.41) is 4.20. The normalized spacial score (nSPS) is 13.3. The van der Waals surface area contributed by atoms with E-state index >= 15 is 0 Å². The second-order valence-corrected chi connectivity index (χ2v) is 11.1. The van der Waals surface area contributed by atoms with E-state index in [4.69, 9.17) is 19.7 Å². The molecule has 0 unspecified atom stereocenters. The highest BCUT2D eigenvalue weighted by Crippen LogP contribution is 2.45. The number of ether oxygens (including phenoxy) is 1. The maximum absolute atomic E-state index is 13.7. The summed E-state index contributed by atoms with van der Waals surface area (Å²) in [5.41, 5.74) is 4.05. The van der Waals surface area contributed by atoms with Gasteiger partial charge >= 0.3 is 0 Å². The van der Waals surface area contributed by atoms with Crippen molar-refractivity contribution in [2.75, 3.05) is 18.2 Å². The predicted octanol–water partition coefficient (Wildman–Crippen LogP) is 4.61. The Labute approximate surface area is 225 Å². The largest absolute Gasteiger partial charge is 0.480 e. The first kappa shape index (κ1) is 26.0. The molecule has 4 heterocycles. The first-order valence-electron chi connectivity index (χ1n) is 12.9. The SMILES string of the molecule is CCSc1ccc(CNc2nc3c(C)nc(-c4c(OC)ncnc4C4CC4)nc3n(CC(C)C)c2=O)cn1. The fourth-order valence-corrected chi connectivity index (χ4v) is 4.95. The van der Waals surface area contributed by atoms with Crippen LogP contribution >= 0.6 is 11.8 Å². The molecule has 11 heteroatoms. The second-order valence-electron chi connectivity index (χ2n) is 9.78. The van der Waals surface area contributed by atoms with Gasteiger partial charge in [0.2, 0.25) is 5.88 Å². The van der Waals surface area contributed by atoms with Crippen molar-refractivity contribution in [3.05, 3.63) is 52.0 Å². The number of aryl methyl sites for hydroxylation is 1. The van der Waals surface area contributed by atoms with E-state index in [9.17, 15) is 4.79 Å². The zero-order chi connectivity index (χ0) is 26.8. The molecular formula is C27H32N8O2S. The number of aromatic nitrogens is 7. The Kier molecular flexibility index (Phi) is 7.55. The average molecular weight is 533 g/mol. The number of fused-ring (bicyclic) bond motifs is 1. The molecule has 0 radical (unpaired) electrons. The van der Waals surface area contributed by atoms with Gasteiger partial charge < -0.3 is 10.1 Å². The predicted molar refractivity (Wildman–Crippen MR) is 149 cm³/mol. The van der Waals surface area contributed by atoms with Crippen LogP contribution in [0.3, 0.4) is 0 Å². The van der Waals surface area contributed by atoms with Crippen molar-refractivity contribution in [3.8, 4) is 17.3 Å². The lowest BCUT2D eigenvalue weighted by molar-refractivity contribution is 0.397. The molecular weight excluding hydrogens is 500 g/mol. The van der Waals surface area contributed by atoms with Gasteiger partial charge in [-0.3, -0.25) is 9.36 Å². The van der Waals surface area contributed by atoms with E-state index in [2.05, 4.69) is 41.0 Å². The number of thioether (sulfide) groups is 1. The Bertz CT molecular complexity index is 1520. The van der Waals surface area contributed by atoms with Crippen molar-refractivity contribution in [2.45, 2.75) is 64.6 Å². The van der Waals surface area contributed by atoms with Crippen molar-refractivity contribution in [3.63, 3.8) is 0 Å². The highest BCUT2D eigenvalue weighted by Gasteiger charge is 2.32. The number of nitrogens with zero attached hydrogens (tertiary/aromatic N) is 7. The van der Waals surface area contributed by atoms with E-state index in [0.29, 0.717) is 53.1 Å². The summed E-state index contributed by atoms with van der Waals surface area (Å²) in [6.45, 7) is 9.05. The van der Waals surface area contributed by atoms with E-state index in [1.807, 2.05) is 25.3 Å². The zero-order valence-corrected chi connectivity index (χ0v) is 23.2. The minimum Gasteiger partial charge on any atom is -0.480 e. The Hall–Kier alpha value is -3.60. The molecule has 10 nitrogen and oxygen atoms in total. The number of rotatable bonds is 10. The van der Waals surface area contributed by atoms with Gasteiger partial charge in [0.25, 0.3) is 5.56 Å². The molecule has 38 heavy (non-hydrogen) atoms. The van der Waals surface area contributed by atoms with Crippen LogP contribution in [0.15, 0.2) is 34.5 Å². The zero-order valence-electron chi connectivity index (χ0n) is 22.4. The first-order valence-corrected chi connectivity index (χ1v) is 13.9. The van der Waals surface area contributed by atoms with E-state index in [1.54, 1.807) is 23.4 Å². The van der Waals surface area contributed by atoms with Crippen LogP contribution in [0.25, 0.3) is 22.6 Å². The third-order valence-electron chi connectivity index (χ3n) is 6.29. The number of hydrogen-bond acceptors (Lipinski definition) is 10. The topological polar surface area (TPSA) is 121 Å².